The van der Waals surface area contributed by atoms with Crippen LogP contribution < -0.4 is 0 Å². The van der Waals surface area contributed by atoms with Gasteiger partial charge in [0.1, 0.15) is 10.3 Å². The lowest BCUT2D eigenvalue weighted by atomic mass is 9.97. The van der Waals surface area contributed by atoms with Crippen LogP contribution in [0.2, 0.25) is 0 Å². The predicted molar refractivity (Wildman–Crippen MR) is 78.1 cm³/mol. The van der Waals surface area contributed by atoms with E-state index in [1.165, 1.54) is 54.5 Å². The minimum atomic E-state index is 0.640. The van der Waals surface area contributed by atoms with Gasteiger partial charge in [-0.25, -0.2) is 4.98 Å². The smallest absolute Gasteiger partial charge is 0.138 e. The van der Waals surface area contributed by atoms with Crippen LogP contribution in [0.1, 0.15) is 55.8 Å². The molecule has 1 fully saturated rings. The summed E-state index contributed by atoms with van der Waals surface area (Å²) in [6.07, 6.45) is 8.07. The van der Waals surface area contributed by atoms with Crippen LogP contribution in [0.25, 0.3) is 5.65 Å². The molecule has 0 unspecified atom stereocenters. The van der Waals surface area contributed by atoms with Crippen molar-refractivity contribution in [2.45, 2.75) is 51.4 Å². The Morgan fingerprint density at radius 2 is 1.89 bits per heavy atom. The van der Waals surface area contributed by atoms with Gasteiger partial charge in [0, 0.05) is 11.6 Å². The van der Waals surface area contributed by atoms with Crippen LogP contribution in [0.5, 0.6) is 0 Å². The molecule has 3 heteroatoms. The number of hydrogen-bond donors (Lipinski definition) is 0. The zero-order chi connectivity index (χ0) is 12.5. The summed E-state index contributed by atoms with van der Waals surface area (Å²) in [6, 6.07) is 6.31. The molecule has 2 nitrogen and oxygen atoms in total. The molecular weight excluding hydrogens is 288 g/mol. The molecule has 18 heavy (non-hydrogen) atoms. The number of aryl methyl sites for hydroxylation is 1. The van der Waals surface area contributed by atoms with Gasteiger partial charge in [0.05, 0.1) is 5.69 Å². The SMILES string of the molecule is Cc1cccc2nc(C3CCCCCC3)c(Br)n12. The number of hydrogen-bond acceptors (Lipinski definition) is 1. The Kier molecular flexibility index (Phi) is 3.42. The molecule has 0 radical (unpaired) electrons. The molecule has 96 valence electrons. The van der Waals surface area contributed by atoms with Crippen molar-refractivity contribution < 1.29 is 0 Å². The normalized spacial score (nSPS) is 18.1. The predicted octanol–water partition coefficient (Wildman–Crippen LogP) is 4.84. The van der Waals surface area contributed by atoms with E-state index in [9.17, 15) is 0 Å². The third-order valence-electron chi connectivity index (χ3n) is 4.05. The zero-order valence-corrected chi connectivity index (χ0v) is 12.4. The summed E-state index contributed by atoms with van der Waals surface area (Å²) in [5.74, 6) is 0.640. The van der Waals surface area contributed by atoms with Crippen molar-refractivity contribution in [2.75, 3.05) is 0 Å². The first-order valence-corrected chi connectivity index (χ1v) is 7.70. The first kappa shape index (κ1) is 12.2. The van der Waals surface area contributed by atoms with Crippen molar-refractivity contribution in [1.29, 1.82) is 0 Å². The van der Waals surface area contributed by atoms with E-state index < -0.39 is 0 Å². The quantitative estimate of drug-likeness (QED) is 0.689. The van der Waals surface area contributed by atoms with Gasteiger partial charge in [-0.1, -0.05) is 31.7 Å². The Bertz CT molecular complexity index is 551. The van der Waals surface area contributed by atoms with Gasteiger partial charge >= 0.3 is 0 Å². The lowest BCUT2D eigenvalue weighted by Crippen LogP contribution is -1.99. The van der Waals surface area contributed by atoms with Crippen molar-refractivity contribution >= 4 is 21.6 Å². The molecule has 3 rings (SSSR count). The average Bonchev–Trinajstić information content (AvgIpc) is 2.56. The van der Waals surface area contributed by atoms with Gasteiger partial charge in [-0.15, -0.1) is 0 Å². The van der Waals surface area contributed by atoms with Crippen LogP contribution in [0, 0.1) is 6.92 Å². The Balaban J connectivity index is 2.06. The highest BCUT2D eigenvalue weighted by atomic mass is 79.9. The Labute approximate surface area is 117 Å². The number of pyridine rings is 1. The Morgan fingerprint density at radius 1 is 1.17 bits per heavy atom. The Hall–Kier alpha value is -0.830. The van der Waals surface area contributed by atoms with E-state index in [4.69, 9.17) is 4.98 Å². The second-order valence-corrected chi connectivity index (χ2v) is 6.09. The highest BCUT2D eigenvalue weighted by Crippen LogP contribution is 2.35. The third kappa shape index (κ3) is 2.09. The molecule has 1 aliphatic carbocycles. The molecule has 0 aromatic carbocycles. The minimum Gasteiger partial charge on any atom is -0.291 e. The van der Waals surface area contributed by atoms with Crippen molar-refractivity contribution in [3.63, 3.8) is 0 Å². The fraction of sp³-hybridized carbons (Fsp3) is 0.533. The first-order valence-electron chi connectivity index (χ1n) is 6.91. The highest BCUT2D eigenvalue weighted by Gasteiger charge is 2.21. The molecule has 2 heterocycles. The number of nitrogens with zero attached hydrogens (tertiary/aromatic N) is 2. The van der Waals surface area contributed by atoms with E-state index in [0.717, 1.165) is 5.65 Å². The highest BCUT2D eigenvalue weighted by molar-refractivity contribution is 9.10. The number of halogens is 1. The molecule has 0 atom stereocenters. The van der Waals surface area contributed by atoms with Gasteiger partial charge in [0.25, 0.3) is 0 Å². The fourth-order valence-corrected chi connectivity index (χ4v) is 3.92. The monoisotopic (exact) mass is 306 g/mol. The number of aromatic nitrogens is 2. The van der Waals surface area contributed by atoms with Crippen LogP contribution in [-0.2, 0) is 0 Å². The summed E-state index contributed by atoms with van der Waals surface area (Å²) in [5, 5.41) is 0. The topological polar surface area (TPSA) is 17.3 Å². The van der Waals surface area contributed by atoms with Gasteiger partial charge in [-0.05, 0) is 47.8 Å². The van der Waals surface area contributed by atoms with Crippen LogP contribution in [0.4, 0.5) is 0 Å². The molecule has 0 amide bonds. The van der Waals surface area contributed by atoms with E-state index in [1.54, 1.807) is 0 Å². The Morgan fingerprint density at radius 3 is 2.56 bits per heavy atom. The summed E-state index contributed by atoms with van der Waals surface area (Å²) < 4.78 is 3.39. The summed E-state index contributed by atoms with van der Waals surface area (Å²) in [6.45, 7) is 2.14. The van der Waals surface area contributed by atoms with Crippen molar-refractivity contribution in [3.8, 4) is 0 Å². The van der Waals surface area contributed by atoms with Crippen molar-refractivity contribution in [1.82, 2.24) is 9.38 Å². The number of fused-ring (bicyclic) bond motifs is 1. The first-order chi connectivity index (χ1) is 8.77. The second kappa shape index (κ2) is 5.04. The number of rotatable bonds is 1. The molecule has 1 aliphatic rings. The van der Waals surface area contributed by atoms with Crippen molar-refractivity contribution in [2.24, 2.45) is 0 Å². The molecule has 2 aromatic rings. The maximum Gasteiger partial charge on any atom is 0.138 e. The maximum atomic E-state index is 4.85. The lowest BCUT2D eigenvalue weighted by molar-refractivity contribution is 0.578. The molecule has 1 saturated carbocycles. The number of imidazole rings is 1. The van der Waals surface area contributed by atoms with Gasteiger partial charge in [-0.2, -0.15) is 0 Å². The van der Waals surface area contributed by atoms with E-state index in [0.29, 0.717) is 5.92 Å². The van der Waals surface area contributed by atoms with Crippen LogP contribution in [0.15, 0.2) is 22.8 Å². The molecule has 2 aromatic heterocycles. The fourth-order valence-electron chi connectivity index (χ4n) is 3.04. The van der Waals surface area contributed by atoms with E-state index in [-0.39, 0.29) is 0 Å². The van der Waals surface area contributed by atoms with E-state index in [2.05, 4.69) is 45.5 Å². The molecule has 0 aliphatic heterocycles. The summed E-state index contributed by atoms with van der Waals surface area (Å²) >= 11 is 3.76. The molecule has 0 N–H and O–H groups in total. The lowest BCUT2D eigenvalue weighted by Gasteiger charge is -2.11. The van der Waals surface area contributed by atoms with Crippen LogP contribution in [0.3, 0.4) is 0 Å². The largest absolute Gasteiger partial charge is 0.291 e. The van der Waals surface area contributed by atoms with Crippen LogP contribution >= 0.6 is 15.9 Å². The molecule has 0 spiro atoms. The van der Waals surface area contributed by atoms with Gasteiger partial charge in [0.2, 0.25) is 0 Å². The molecule has 0 bridgehead atoms. The summed E-state index contributed by atoms with van der Waals surface area (Å²) in [4.78, 5) is 4.85. The van der Waals surface area contributed by atoms with E-state index in [1.807, 2.05) is 0 Å². The van der Waals surface area contributed by atoms with Crippen LogP contribution in [-0.4, -0.2) is 9.38 Å². The zero-order valence-electron chi connectivity index (χ0n) is 10.8. The summed E-state index contributed by atoms with van der Waals surface area (Å²) in [7, 11) is 0. The van der Waals surface area contributed by atoms with E-state index >= 15 is 0 Å². The standard InChI is InChI=1S/C15H19BrN2/c1-11-7-6-10-13-17-14(15(16)18(11)13)12-8-4-2-3-5-9-12/h6-7,10,12H,2-5,8-9H2,1H3. The van der Waals surface area contributed by atoms with Gasteiger partial charge < -0.3 is 0 Å². The third-order valence-corrected chi connectivity index (χ3v) is 4.81. The van der Waals surface area contributed by atoms with Gasteiger partial charge in [0.15, 0.2) is 0 Å². The average molecular weight is 307 g/mol. The molecule has 0 saturated heterocycles. The van der Waals surface area contributed by atoms with Gasteiger partial charge in [-0.3, -0.25) is 4.40 Å². The van der Waals surface area contributed by atoms with Crippen molar-refractivity contribution in [3.05, 3.63) is 34.2 Å². The minimum absolute atomic E-state index is 0.640. The summed E-state index contributed by atoms with van der Waals surface area (Å²) in [5.41, 5.74) is 3.58. The maximum absolute atomic E-state index is 4.85. The second-order valence-electron chi connectivity index (χ2n) is 5.34. The molecular formula is C15H19BrN2.